The van der Waals surface area contributed by atoms with Crippen molar-refractivity contribution in [3.8, 4) is 0 Å². The number of hydrogen-bond donors (Lipinski definition) is 2. The summed E-state index contributed by atoms with van der Waals surface area (Å²) in [7, 11) is 1.40. The van der Waals surface area contributed by atoms with Crippen molar-refractivity contribution in [1.29, 1.82) is 0 Å². The molecule has 2 saturated heterocycles. The van der Waals surface area contributed by atoms with Gasteiger partial charge in [0.2, 0.25) is 5.91 Å². The zero-order chi connectivity index (χ0) is 22.7. The molecule has 5 atom stereocenters. The monoisotopic (exact) mass is 439 g/mol. The molecular formula is C21H37N5O5. The van der Waals surface area contributed by atoms with Gasteiger partial charge in [0.15, 0.2) is 0 Å². The molecule has 3 rings (SSSR count). The van der Waals surface area contributed by atoms with Crippen LogP contribution < -0.4 is 11.2 Å². The number of ether oxygens (including phenoxy) is 2. The molecule has 0 aromatic rings. The SMILES string of the molecule is COC(=O)N1C2CCC(C3CNN(CCC(N)=O)C3)CC2N(C(=O)OC(C)C)C[C@@H]1C. The molecule has 176 valence electrons. The number of nitrogens with two attached hydrogens (primary N) is 1. The zero-order valence-electron chi connectivity index (χ0n) is 19.1. The van der Waals surface area contributed by atoms with Gasteiger partial charge in [-0.25, -0.2) is 14.6 Å². The predicted octanol–water partition coefficient (Wildman–Crippen LogP) is 1.15. The fourth-order valence-corrected chi connectivity index (χ4v) is 5.37. The first-order chi connectivity index (χ1) is 14.7. The molecular weight excluding hydrogens is 402 g/mol. The summed E-state index contributed by atoms with van der Waals surface area (Å²) in [4.78, 5) is 40.1. The Morgan fingerprint density at radius 2 is 1.84 bits per heavy atom. The number of fused-ring (bicyclic) bond motifs is 1. The van der Waals surface area contributed by atoms with Gasteiger partial charge in [0.1, 0.15) is 0 Å². The normalized spacial score (nSPS) is 31.5. The fraction of sp³-hybridized carbons (Fsp3) is 0.857. The van der Waals surface area contributed by atoms with Gasteiger partial charge in [-0.05, 0) is 51.9 Å². The van der Waals surface area contributed by atoms with Crippen molar-refractivity contribution in [2.75, 3.05) is 33.3 Å². The highest BCUT2D eigenvalue weighted by Crippen LogP contribution is 2.40. The number of nitrogens with zero attached hydrogens (tertiary/aromatic N) is 3. The number of nitrogens with one attached hydrogen (secondary N) is 1. The Kier molecular flexibility index (Phi) is 7.64. The molecule has 1 saturated carbocycles. The quantitative estimate of drug-likeness (QED) is 0.660. The minimum atomic E-state index is -0.335. The maximum atomic E-state index is 12.9. The lowest BCUT2D eigenvalue weighted by Gasteiger charge is -2.53. The van der Waals surface area contributed by atoms with Crippen molar-refractivity contribution in [3.05, 3.63) is 0 Å². The van der Waals surface area contributed by atoms with Gasteiger partial charge in [0, 0.05) is 32.6 Å². The van der Waals surface area contributed by atoms with Crippen LogP contribution in [0.3, 0.4) is 0 Å². The number of hydrazine groups is 1. The maximum Gasteiger partial charge on any atom is 0.410 e. The third kappa shape index (κ3) is 5.41. The molecule has 0 radical (unpaired) electrons. The first-order valence-corrected chi connectivity index (χ1v) is 11.3. The van der Waals surface area contributed by atoms with Crippen LogP contribution in [-0.4, -0.2) is 90.4 Å². The van der Waals surface area contributed by atoms with Crippen molar-refractivity contribution in [3.63, 3.8) is 0 Å². The summed E-state index contributed by atoms with van der Waals surface area (Å²) in [5.74, 6) is 0.529. The Morgan fingerprint density at radius 1 is 1.10 bits per heavy atom. The lowest BCUT2D eigenvalue weighted by atomic mass is 9.73. The van der Waals surface area contributed by atoms with E-state index in [2.05, 4.69) is 10.4 Å². The average molecular weight is 440 g/mol. The van der Waals surface area contributed by atoms with Crippen LogP contribution in [0.4, 0.5) is 9.59 Å². The van der Waals surface area contributed by atoms with E-state index in [4.69, 9.17) is 15.2 Å². The molecule has 10 heteroatoms. The van der Waals surface area contributed by atoms with Crippen LogP contribution in [0.15, 0.2) is 0 Å². The third-order valence-electron chi connectivity index (χ3n) is 6.80. The van der Waals surface area contributed by atoms with Crippen molar-refractivity contribution in [2.45, 2.75) is 70.7 Å². The van der Waals surface area contributed by atoms with Crippen LogP contribution in [0.2, 0.25) is 0 Å². The second kappa shape index (κ2) is 10.0. The predicted molar refractivity (Wildman–Crippen MR) is 114 cm³/mol. The van der Waals surface area contributed by atoms with Gasteiger partial charge in [0.25, 0.3) is 0 Å². The van der Waals surface area contributed by atoms with Gasteiger partial charge in [-0.1, -0.05) is 0 Å². The number of carbonyl (C=O) groups excluding carboxylic acids is 3. The summed E-state index contributed by atoms with van der Waals surface area (Å²) in [6.07, 6.45) is 2.09. The Hall–Kier alpha value is -2.07. The largest absolute Gasteiger partial charge is 0.453 e. The van der Waals surface area contributed by atoms with Crippen LogP contribution in [0.5, 0.6) is 0 Å². The van der Waals surface area contributed by atoms with Crippen molar-refractivity contribution >= 4 is 18.1 Å². The van der Waals surface area contributed by atoms with Gasteiger partial charge in [-0.3, -0.25) is 15.1 Å². The van der Waals surface area contributed by atoms with Crippen LogP contribution in [0, 0.1) is 11.8 Å². The lowest BCUT2D eigenvalue weighted by Crippen LogP contribution is -2.67. The zero-order valence-corrected chi connectivity index (χ0v) is 19.1. The van der Waals surface area contributed by atoms with Gasteiger partial charge in [-0.15, -0.1) is 0 Å². The summed E-state index contributed by atoms with van der Waals surface area (Å²) in [5.41, 5.74) is 8.64. The van der Waals surface area contributed by atoms with Crippen molar-refractivity contribution in [2.24, 2.45) is 17.6 Å². The van der Waals surface area contributed by atoms with Crippen LogP contribution in [-0.2, 0) is 14.3 Å². The third-order valence-corrected chi connectivity index (χ3v) is 6.80. The molecule has 0 spiro atoms. The number of rotatable bonds is 5. The van der Waals surface area contributed by atoms with Crippen LogP contribution in [0.25, 0.3) is 0 Å². The molecule has 0 bridgehead atoms. The summed E-state index contributed by atoms with van der Waals surface area (Å²) in [6.45, 7) is 8.37. The van der Waals surface area contributed by atoms with E-state index in [1.807, 2.05) is 30.6 Å². The molecule has 1 aliphatic carbocycles. The lowest BCUT2D eigenvalue weighted by molar-refractivity contribution is -0.118. The van der Waals surface area contributed by atoms with E-state index in [9.17, 15) is 14.4 Å². The van der Waals surface area contributed by atoms with E-state index >= 15 is 0 Å². The molecule has 3 N–H and O–H groups in total. The van der Waals surface area contributed by atoms with Crippen molar-refractivity contribution in [1.82, 2.24) is 20.2 Å². The first-order valence-electron chi connectivity index (χ1n) is 11.3. The molecule has 0 aromatic heterocycles. The Morgan fingerprint density at radius 3 is 2.48 bits per heavy atom. The van der Waals surface area contributed by atoms with Gasteiger partial charge in [0.05, 0.1) is 31.3 Å². The number of carbonyl (C=O) groups is 3. The molecule has 2 heterocycles. The second-order valence-corrected chi connectivity index (χ2v) is 9.30. The number of primary amides is 1. The van der Waals surface area contributed by atoms with E-state index in [1.165, 1.54) is 7.11 Å². The minimum absolute atomic E-state index is 0.0764. The van der Waals surface area contributed by atoms with Crippen molar-refractivity contribution < 1.29 is 23.9 Å². The standard InChI is InChI=1S/C21H37N5O5/c1-13(2)31-20(28)25-11-14(3)26(21(29)30-4)17-6-5-15(9-18(17)25)16-10-23-24(12-16)8-7-19(22)27/h13-18,23H,5-12H2,1-4H3,(H2,22,27)/t14-,15?,16?,17?,18?/m0/s1. The summed E-state index contributed by atoms with van der Waals surface area (Å²) in [5, 5.41) is 2.07. The highest BCUT2D eigenvalue weighted by Gasteiger charge is 2.49. The maximum absolute atomic E-state index is 12.9. The smallest absolute Gasteiger partial charge is 0.410 e. The molecule has 3 aliphatic rings. The number of piperazine rings is 1. The fourth-order valence-electron chi connectivity index (χ4n) is 5.37. The second-order valence-electron chi connectivity index (χ2n) is 9.30. The molecule has 4 unspecified atom stereocenters. The minimum Gasteiger partial charge on any atom is -0.453 e. The molecule has 2 aliphatic heterocycles. The van der Waals surface area contributed by atoms with E-state index in [0.29, 0.717) is 31.3 Å². The van der Waals surface area contributed by atoms with E-state index in [1.54, 1.807) is 0 Å². The Balaban J connectivity index is 1.72. The van der Waals surface area contributed by atoms with E-state index < -0.39 is 0 Å². The molecule has 3 fully saturated rings. The topological polar surface area (TPSA) is 117 Å². The molecule has 31 heavy (non-hydrogen) atoms. The van der Waals surface area contributed by atoms with Gasteiger partial charge in [-0.2, -0.15) is 0 Å². The molecule has 0 aromatic carbocycles. The Labute approximate surface area is 184 Å². The van der Waals surface area contributed by atoms with Crippen LogP contribution in [0.1, 0.15) is 46.5 Å². The number of methoxy groups -OCH3 is 1. The highest BCUT2D eigenvalue weighted by molar-refractivity contribution is 5.74. The van der Waals surface area contributed by atoms with E-state index in [-0.39, 0.29) is 42.3 Å². The summed E-state index contributed by atoms with van der Waals surface area (Å²) < 4.78 is 10.6. The molecule has 3 amide bonds. The summed E-state index contributed by atoms with van der Waals surface area (Å²) >= 11 is 0. The van der Waals surface area contributed by atoms with E-state index in [0.717, 1.165) is 32.4 Å². The van der Waals surface area contributed by atoms with Crippen LogP contribution >= 0.6 is 0 Å². The van der Waals surface area contributed by atoms with Gasteiger partial charge >= 0.3 is 12.2 Å². The highest BCUT2D eigenvalue weighted by atomic mass is 16.6. The summed E-state index contributed by atoms with van der Waals surface area (Å²) in [6, 6.07) is -0.310. The first kappa shape index (κ1) is 23.6. The molecule has 10 nitrogen and oxygen atoms in total. The van der Waals surface area contributed by atoms with Gasteiger partial charge < -0.3 is 20.1 Å². The average Bonchev–Trinajstić information content (AvgIpc) is 3.19. The number of hydrogen-bond acceptors (Lipinski definition) is 7. The number of amides is 3. The Bertz CT molecular complexity index is 675.